The lowest BCUT2D eigenvalue weighted by Gasteiger charge is -2.44. The van der Waals surface area contributed by atoms with E-state index in [4.69, 9.17) is 10.5 Å². The van der Waals surface area contributed by atoms with E-state index in [1.807, 2.05) is 18.7 Å². The summed E-state index contributed by atoms with van der Waals surface area (Å²) in [7, 11) is 0. The lowest BCUT2D eigenvalue weighted by atomic mass is 9.89. The number of aryl methyl sites for hydroxylation is 2. The van der Waals surface area contributed by atoms with E-state index in [9.17, 15) is 4.79 Å². The molecule has 1 aliphatic carbocycles. The molecule has 3 heterocycles. The number of morpholine rings is 1. The molecule has 4 rings (SSSR count). The van der Waals surface area contributed by atoms with E-state index in [1.165, 1.54) is 6.42 Å². The highest BCUT2D eigenvalue weighted by Crippen LogP contribution is 2.29. The van der Waals surface area contributed by atoms with Crippen LogP contribution in [0.15, 0.2) is 0 Å². The molecule has 2 atom stereocenters. The molecule has 0 bridgehead atoms. The minimum absolute atomic E-state index is 0.139. The van der Waals surface area contributed by atoms with Gasteiger partial charge in [-0.25, -0.2) is 4.98 Å². The largest absolute Gasteiger partial charge is 0.374 e. The molecule has 2 N–H and O–H groups in total. The van der Waals surface area contributed by atoms with Crippen LogP contribution in [0, 0.1) is 13.8 Å². The topological polar surface area (TPSA) is 98.6 Å². The molecule has 2 aromatic heterocycles. The Bertz CT molecular complexity index is 815. The summed E-state index contributed by atoms with van der Waals surface area (Å²) in [5.74, 6) is 0.805. The Kier molecular flexibility index (Phi) is 4.07. The summed E-state index contributed by atoms with van der Waals surface area (Å²) in [5.41, 5.74) is 8.26. The first-order valence-electron chi connectivity index (χ1n) is 8.94. The minimum Gasteiger partial charge on any atom is -0.374 e. The van der Waals surface area contributed by atoms with Crippen LogP contribution in [0.4, 0.5) is 5.95 Å². The SMILES string of the molecule is Cc1nc2nc(N)nn2c(C)c1CC(=O)N1CCO[C@H]2CCCC[C@@H]21. The van der Waals surface area contributed by atoms with Gasteiger partial charge in [0, 0.05) is 23.5 Å². The number of rotatable bonds is 2. The van der Waals surface area contributed by atoms with Crippen molar-refractivity contribution in [3.05, 3.63) is 17.0 Å². The van der Waals surface area contributed by atoms with Crippen LogP contribution in [0.5, 0.6) is 0 Å². The van der Waals surface area contributed by atoms with Crippen LogP contribution >= 0.6 is 0 Å². The Morgan fingerprint density at radius 3 is 2.92 bits per heavy atom. The summed E-state index contributed by atoms with van der Waals surface area (Å²) in [6.45, 7) is 5.14. The molecule has 25 heavy (non-hydrogen) atoms. The van der Waals surface area contributed by atoms with Crippen LogP contribution in [0.25, 0.3) is 5.78 Å². The number of fused-ring (bicyclic) bond motifs is 2. The minimum atomic E-state index is 0.139. The average Bonchev–Trinajstić information content (AvgIpc) is 2.98. The van der Waals surface area contributed by atoms with E-state index in [0.717, 1.165) is 36.2 Å². The summed E-state index contributed by atoms with van der Waals surface area (Å²) in [6.07, 6.45) is 4.96. The number of hydrogen-bond donors (Lipinski definition) is 1. The maximum absolute atomic E-state index is 13.0. The number of aromatic nitrogens is 4. The third kappa shape index (κ3) is 2.84. The number of carbonyl (C=O) groups excluding carboxylic acids is 1. The lowest BCUT2D eigenvalue weighted by Crippen LogP contribution is -2.55. The number of ether oxygens (including phenoxy) is 1. The molecule has 2 aromatic rings. The van der Waals surface area contributed by atoms with Crippen molar-refractivity contribution in [1.82, 2.24) is 24.5 Å². The van der Waals surface area contributed by atoms with E-state index in [2.05, 4.69) is 15.1 Å². The van der Waals surface area contributed by atoms with E-state index in [1.54, 1.807) is 4.52 Å². The van der Waals surface area contributed by atoms with Gasteiger partial charge >= 0.3 is 0 Å². The van der Waals surface area contributed by atoms with Crippen LogP contribution in [-0.4, -0.2) is 55.7 Å². The van der Waals surface area contributed by atoms with E-state index >= 15 is 0 Å². The van der Waals surface area contributed by atoms with Crippen molar-refractivity contribution < 1.29 is 9.53 Å². The second kappa shape index (κ2) is 6.25. The van der Waals surface area contributed by atoms with Gasteiger partial charge in [0.15, 0.2) is 0 Å². The molecule has 0 spiro atoms. The van der Waals surface area contributed by atoms with Gasteiger partial charge in [-0.1, -0.05) is 12.8 Å². The van der Waals surface area contributed by atoms with Crippen molar-refractivity contribution in [2.24, 2.45) is 0 Å². The quantitative estimate of drug-likeness (QED) is 0.874. The second-order valence-corrected chi connectivity index (χ2v) is 6.97. The zero-order valence-corrected chi connectivity index (χ0v) is 14.7. The van der Waals surface area contributed by atoms with Gasteiger partial charge in [0.2, 0.25) is 11.9 Å². The highest BCUT2D eigenvalue weighted by atomic mass is 16.5. The van der Waals surface area contributed by atoms with Crippen molar-refractivity contribution in [1.29, 1.82) is 0 Å². The van der Waals surface area contributed by atoms with Crippen LogP contribution in [-0.2, 0) is 16.0 Å². The van der Waals surface area contributed by atoms with Crippen LogP contribution in [0.3, 0.4) is 0 Å². The van der Waals surface area contributed by atoms with Gasteiger partial charge in [-0.05, 0) is 26.7 Å². The molecule has 8 nitrogen and oxygen atoms in total. The van der Waals surface area contributed by atoms with Crippen LogP contribution < -0.4 is 5.73 Å². The smallest absolute Gasteiger partial charge is 0.254 e. The summed E-state index contributed by atoms with van der Waals surface area (Å²) in [4.78, 5) is 23.6. The molecule has 8 heteroatoms. The summed E-state index contributed by atoms with van der Waals surface area (Å²) < 4.78 is 7.50. The van der Waals surface area contributed by atoms with Gasteiger partial charge in [-0.15, -0.1) is 5.10 Å². The van der Waals surface area contributed by atoms with Crippen molar-refractivity contribution in [3.8, 4) is 0 Å². The van der Waals surface area contributed by atoms with Gasteiger partial charge in [0.25, 0.3) is 5.78 Å². The zero-order valence-electron chi connectivity index (χ0n) is 14.7. The van der Waals surface area contributed by atoms with Crippen molar-refractivity contribution in [3.63, 3.8) is 0 Å². The lowest BCUT2D eigenvalue weighted by molar-refractivity contribution is -0.148. The first-order chi connectivity index (χ1) is 12.0. The molecule has 1 saturated heterocycles. The number of amides is 1. The number of nitrogens with zero attached hydrogens (tertiary/aromatic N) is 5. The van der Waals surface area contributed by atoms with Gasteiger partial charge < -0.3 is 15.4 Å². The van der Waals surface area contributed by atoms with E-state index in [0.29, 0.717) is 25.4 Å². The van der Waals surface area contributed by atoms with Gasteiger partial charge in [-0.3, -0.25) is 4.79 Å². The number of carbonyl (C=O) groups is 1. The molecule has 2 fully saturated rings. The Labute approximate surface area is 146 Å². The standard InChI is InChI=1S/C17H24N6O2/c1-10-12(11(2)23-17(19-10)20-16(18)21-23)9-15(24)22-7-8-25-14-6-4-3-5-13(14)22/h13-14H,3-9H2,1-2H3,(H2,18,21)/t13-,14-/m0/s1. The first-order valence-corrected chi connectivity index (χ1v) is 8.94. The third-order valence-corrected chi connectivity index (χ3v) is 5.45. The number of anilines is 1. The van der Waals surface area contributed by atoms with Gasteiger partial charge in [-0.2, -0.15) is 9.50 Å². The average molecular weight is 344 g/mol. The first kappa shape index (κ1) is 16.3. The predicted molar refractivity (Wildman–Crippen MR) is 92.1 cm³/mol. The second-order valence-electron chi connectivity index (χ2n) is 6.97. The van der Waals surface area contributed by atoms with E-state index < -0.39 is 0 Å². The van der Waals surface area contributed by atoms with Crippen LogP contribution in [0.1, 0.15) is 42.6 Å². The molecule has 1 aliphatic heterocycles. The maximum atomic E-state index is 13.0. The highest BCUT2D eigenvalue weighted by molar-refractivity contribution is 5.80. The normalized spacial score (nSPS) is 23.7. The molecule has 0 unspecified atom stereocenters. The number of hydrogen-bond acceptors (Lipinski definition) is 6. The number of nitrogens with two attached hydrogens (primary N) is 1. The van der Waals surface area contributed by atoms with Gasteiger partial charge in [0.1, 0.15) is 0 Å². The van der Waals surface area contributed by atoms with Crippen molar-refractivity contribution >= 4 is 17.6 Å². The van der Waals surface area contributed by atoms with Crippen molar-refractivity contribution in [2.75, 3.05) is 18.9 Å². The van der Waals surface area contributed by atoms with Crippen LogP contribution in [0.2, 0.25) is 0 Å². The predicted octanol–water partition coefficient (Wildman–Crippen LogP) is 1.04. The molecule has 1 saturated carbocycles. The summed E-state index contributed by atoms with van der Waals surface area (Å²) in [5, 5.41) is 4.18. The summed E-state index contributed by atoms with van der Waals surface area (Å²) in [6, 6.07) is 0.217. The molecule has 1 amide bonds. The van der Waals surface area contributed by atoms with E-state index in [-0.39, 0.29) is 24.0 Å². The fourth-order valence-corrected chi connectivity index (χ4v) is 4.14. The molecule has 134 valence electrons. The molecular weight excluding hydrogens is 320 g/mol. The maximum Gasteiger partial charge on any atom is 0.254 e. The monoisotopic (exact) mass is 344 g/mol. The Morgan fingerprint density at radius 2 is 2.08 bits per heavy atom. The Balaban J connectivity index is 1.61. The highest BCUT2D eigenvalue weighted by Gasteiger charge is 2.36. The van der Waals surface area contributed by atoms with Gasteiger partial charge in [0.05, 0.1) is 25.2 Å². The number of nitrogen functional groups attached to an aromatic ring is 1. The van der Waals surface area contributed by atoms with Crippen molar-refractivity contribution in [2.45, 2.75) is 58.1 Å². The third-order valence-electron chi connectivity index (χ3n) is 5.45. The zero-order chi connectivity index (χ0) is 17.6. The summed E-state index contributed by atoms with van der Waals surface area (Å²) >= 11 is 0. The molecule has 2 aliphatic rings. The Morgan fingerprint density at radius 1 is 1.28 bits per heavy atom. The molecule has 0 aromatic carbocycles. The molecular formula is C17H24N6O2. The fraction of sp³-hybridized carbons (Fsp3) is 0.647. The molecule has 0 radical (unpaired) electrons. The fourth-order valence-electron chi connectivity index (χ4n) is 4.14. The Hall–Kier alpha value is -2.22.